The van der Waals surface area contributed by atoms with Crippen molar-refractivity contribution in [2.24, 2.45) is 0 Å². The van der Waals surface area contributed by atoms with Crippen LogP contribution in [0.15, 0.2) is 54.9 Å². The van der Waals surface area contributed by atoms with Gasteiger partial charge in [0.2, 0.25) is 0 Å². The van der Waals surface area contributed by atoms with Gasteiger partial charge in [-0.15, -0.1) is 0 Å². The van der Waals surface area contributed by atoms with E-state index in [1.165, 1.54) is 30.3 Å². The van der Waals surface area contributed by atoms with Crippen molar-refractivity contribution in [3.8, 4) is 11.3 Å². The third-order valence-corrected chi connectivity index (χ3v) is 3.97. The van der Waals surface area contributed by atoms with Crippen molar-refractivity contribution in [3.63, 3.8) is 0 Å². The van der Waals surface area contributed by atoms with Gasteiger partial charge in [-0.25, -0.2) is 18.7 Å². The first-order valence-electron chi connectivity index (χ1n) is 8.10. The lowest BCUT2D eigenvalue weighted by molar-refractivity contribution is -0.139. The average molecular weight is 395 g/mol. The molecule has 1 heterocycles. The van der Waals surface area contributed by atoms with E-state index in [2.05, 4.69) is 15.3 Å². The van der Waals surface area contributed by atoms with E-state index in [0.29, 0.717) is 11.6 Å². The number of hydrogen-bond acceptors (Lipinski definition) is 4. The standard InChI is InChI=1S/C19H14F5N3O/c20-13-4-1-11(2-5-13)17(28)9-25-18-8-16(26-10-27-18)12-3-6-14(15(21)7-12)19(22,23)24/h1-8,10,17,28H,9H2,(H,25,26,27). The largest absolute Gasteiger partial charge is 0.419 e. The Morgan fingerprint density at radius 2 is 1.68 bits per heavy atom. The third-order valence-electron chi connectivity index (χ3n) is 3.97. The molecule has 146 valence electrons. The van der Waals surface area contributed by atoms with E-state index in [0.717, 1.165) is 18.5 Å². The van der Waals surface area contributed by atoms with E-state index in [1.54, 1.807) is 0 Å². The first kappa shape index (κ1) is 19.7. The molecule has 28 heavy (non-hydrogen) atoms. The smallest absolute Gasteiger partial charge is 0.387 e. The number of benzene rings is 2. The van der Waals surface area contributed by atoms with Gasteiger partial charge in [-0.05, 0) is 29.8 Å². The summed E-state index contributed by atoms with van der Waals surface area (Å²) in [4.78, 5) is 7.89. The summed E-state index contributed by atoms with van der Waals surface area (Å²) in [6.45, 7) is 0.0451. The van der Waals surface area contributed by atoms with Crippen LogP contribution in [0.2, 0.25) is 0 Å². The Bertz CT molecular complexity index is 961. The van der Waals surface area contributed by atoms with Gasteiger partial charge in [0.05, 0.1) is 17.4 Å². The Labute approximate surface area is 156 Å². The number of rotatable bonds is 5. The number of nitrogens with zero attached hydrogens (tertiary/aromatic N) is 2. The van der Waals surface area contributed by atoms with E-state index in [1.807, 2.05) is 0 Å². The number of aliphatic hydroxyl groups excluding tert-OH is 1. The second-order valence-corrected chi connectivity index (χ2v) is 5.93. The van der Waals surface area contributed by atoms with Crippen LogP contribution in [0.5, 0.6) is 0 Å². The average Bonchev–Trinajstić information content (AvgIpc) is 2.66. The van der Waals surface area contributed by atoms with Crippen molar-refractivity contribution in [3.05, 3.63) is 77.6 Å². The Balaban J connectivity index is 1.74. The minimum atomic E-state index is -4.78. The predicted molar refractivity (Wildman–Crippen MR) is 92.3 cm³/mol. The Kier molecular flexibility index (Phi) is 5.55. The number of anilines is 1. The van der Waals surface area contributed by atoms with Crippen molar-refractivity contribution >= 4 is 5.82 Å². The number of nitrogens with one attached hydrogen (secondary N) is 1. The van der Waals surface area contributed by atoms with E-state index < -0.39 is 29.5 Å². The quantitative estimate of drug-likeness (QED) is 0.621. The molecule has 0 bridgehead atoms. The molecule has 3 rings (SSSR count). The van der Waals surface area contributed by atoms with Crippen LogP contribution in [0.3, 0.4) is 0 Å². The van der Waals surface area contributed by atoms with Gasteiger partial charge in [-0.3, -0.25) is 0 Å². The molecule has 1 unspecified atom stereocenters. The molecule has 0 aliphatic rings. The minimum absolute atomic E-state index is 0.0451. The molecule has 0 aliphatic carbocycles. The summed E-state index contributed by atoms with van der Waals surface area (Å²) in [5.41, 5.74) is -0.504. The molecular formula is C19H14F5N3O. The fourth-order valence-electron chi connectivity index (χ4n) is 2.52. The molecule has 3 aromatic rings. The van der Waals surface area contributed by atoms with Crippen LogP contribution < -0.4 is 5.32 Å². The van der Waals surface area contributed by atoms with E-state index in [4.69, 9.17) is 0 Å². The van der Waals surface area contributed by atoms with Gasteiger partial charge in [-0.1, -0.05) is 18.2 Å². The maximum Gasteiger partial charge on any atom is 0.419 e. The van der Waals surface area contributed by atoms with E-state index in [-0.39, 0.29) is 23.6 Å². The topological polar surface area (TPSA) is 58.0 Å². The Hall–Kier alpha value is -3.07. The van der Waals surface area contributed by atoms with E-state index in [9.17, 15) is 27.1 Å². The van der Waals surface area contributed by atoms with Crippen LogP contribution in [0.25, 0.3) is 11.3 Å². The molecule has 0 spiro atoms. The van der Waals surface area contributed by atoms with E-state index >= 15 is 0 Å². The van der Waals surface area contributed by atoms with Gasteiger partial charge in [0.25, 0.3) is 0 Å². The van der Waals surface area contributed by atoms with Gasteiger partial charge >= 0.3 is 6.18 Å². The molecule has 1 atom stereocenters. The van der Waals surface area contributed by atoms with Crippen molar-refractivity contribution in [2.75, 3.05) is 11.9 Å². The van der Waals surface area contributed by atoms with Crippen molar-refractivity contribution in [2.45, 2.75) is 12.3 Å². The fourth-order valence-corrected chi connectivity index (χ4v) is 2.52. The summed E-state index contributed by atoms with van der Waals surface area (Å²) in [5, 5.41) is 13.0. The molecule has 4 nitrogen and oxygen atoms in total. The lowest BCUT2D eigenvalue weighted by Gasteiger charge is -2.13. The van der Waals surface area contributed by atoms with Crippen LogP contribution in [-0.2, 0) is 6.18 Å². The third kappa shape index (κ3) is 4.61. The number of alkyl halides is 3. The predicted octanol–water partition coefficient (Wildman–Crippen LogP) is 4.59. The molecular weight excluding hydrogens is 381 g/mol. The van der Waals surface area contributed by atoms with Gasteiger partial charge in [0.1, 0.15) is 23.8 Å². The number of hydrogen-bond donors (Lipinski definition) is 2. The molecule has 9 heteroatoms. The van der Waals surface area contributed by atoms with Crippen LogP contribution in [0.1, 0.15) is 17.2 Å². The van der Waals surface area contributed by atoms with Crippen LogP contribution in [0.4, 0.5) is 27.8 Å². The summed E-state index contributed by atoms with van der Waals surface area (Å²) in [6.07, 6.45) is -4.56. The van der Waals surface area contributed by atoms with Crippen molar-refractivity contribution < 1.29 is 27.1 Å². The highest BCUT2D eigenvalue weighted by Crippen LogP contribution is 2.33. The monoisotopic (exact) mass is 395 g/mol. The van der Waals surface area contributed by atoms with Gasteiger partial charge < -0.3 is 10.4 Å². The molecule has 2 N–H and O–H groups in total. The first-order valence-corrected chi connectivity index (χ1v) is 8.10. The SMILES string of the molecule is OC(CNc1cc(-c2ccc(C(F)(F)F)c(F)c2)ncn1)c1ccc(F)cc1. The van der Waals surface area contributed by atoms with Crippen LogP contribution >= 0.6 is 0 Å². The number of aromatic nitrogens is 2. The van der Waals surface area contributed by atoms with Gasteiger partial charge in [0, 0.05) is 18.2 Å². The van der Waals surface area contributed by atoms with Crippen molar-refractivity contribution in [1.82, 2.24) is 9.97 Å². The van der Waals surface area contributed by atoms with Crippen LogP contribution in [0, 0.1) is 11.6 Å². The highest BCUT2D eigenvalue weighted by molar-refractivity contribution is 5.62. The summed E-state index contributed by atoms with van der Waals surface area (Å²) in [6, 6.07) is 9.27. The number of halogens is 5. The molecule has 0 saturated carbocycles. The fraction of sp³-hybridized carbons (Fsp3) is 0.158. The zero-order valence-corrected chi connectivity index (χ0v) is 14.2. The number of aliphatic hydroxyl groups is 1. The van der Waals surface area contributed by atoms with Crippen LogP contribution in [-0.4, -0.2) is 21.6 Å². The Morgan fingerprint density at radius 3 is 2.32 bits per heavy atom. The molecule has 0 radical (unpaired) electrons. The summed E-state index contributed by atoms with van der Waals surface area (Å²) < 4.78 is 64.7. The molecule has 0 saturated heterocycles. The summed E-state index contributed by atoms with van der Waals surface area (Å²) in [7, 11) is 0. The summed E-state index contributed by atoms with van der Waals surface area (Å²) in [5.74, 6) is -1.54. The zero-order chi connectivity index (χ0) is 20.3. The van der Waals surface area contributed by atoms with Gasteiger partial charge in [0.15, 0.2) is 0 Å². The molecule has 2 aromatic carbocycles. The molecule has 0 fully saturated rings. The second-order valence-electron chi connectivity index (χ2n) is 5.93. The maximum absolute atomic E-state index is 13.8. The molecule has 1 aromatic heterocycles. The zero-order valence-electron chi connectivity index (χ0n) is 14.2. The summed E-state index contributed by atoms with van der Waals surface area (Å²) >= 11 is 0. The van der Waals surface area contributed by atoms with Crippen molar-refractivity contribution in [1.29, 1.82) is 0 Å². The molecule has 0 amide bonds. The lowest BCUT2D eigenvalue weighted by atomic mass is 10.1. The minimum Gasteiger partial charge on any atom is -0.387 e. The second kappa shape index (κ2) is 7.89. The lowest BCUT2D eigenvalue weighted by Crippen LogP contribution is -2.13. The maximum atomic E-state index is 13.8. The normalized spacial score (nSPS) is 12.6. The van der Waals surface area contributed by atoms with Gasteiger partial charge in [-0.2, -0.15) is 13.2 Å². The first-order chi connectivity index (χ1) is 13.2. The highest BCUT2D eigenvalue weighted by Gasteiger charge is 2.34. The molecule has 0 aliphatic heterocycles. The highest BCUT2D eigenvalue weighted by atomic mass is 19.4. The Morgan fingerprint density at radius 1 is 0.964 bits per heavy atom.